The van der Waals surface area contributed by atoms with Crippen LogP contribution in [0.2, 0.25) is 0 Å². The third-order valence-corrected chi connectivity index (χ3v) is 2.85. The molecule has 0 spiro atoms. The molecule has 2 N–H and O–H groups in total. The van der Waals surface area contributed by atoms with Gasteiger partial charge in [0.1, 0.15) is 5.82 Å². The highest BCUT2D eigenvalue weighted by atomic mass is 79.9. The maximum atomic E-state index is 13.1. The second-order valence-electron chi connectivity index (χ2n) is 3.68. The summed E-state index contributed by atoms with van der Waals surface area (Å²) < 4.78 is 19.1. The predicted molar refractivity (Wildman–Crippen MR) is 71.0 cm³/mol. The van der Waals surface area contributed by atoms with Crippen LogP contribution in [0.3, 0.4) is 0 Å². The van der Waals surface area contributed by atoms with Crippen molar-refractivity contribution in [2.45, 2.75) is 26.4 Å². The van der Waals surface area contributed by atoms with Crippen molar-refractivity contribution in [2.75, 3.05) is 5.73 Å². The van der Waals surface area contributed by atoms with Crippen LogP contribution < -0.4 is 5.73 Å². The molecule has 88 valence electrons. The molecule has 1 rings (SSSR count). The molecule has 0 heterocycles. The summed E-state index contributed by atoms with van der Waals surface area (Å²) >= 11 is 8.34. The van der Waals surface area contributed by atoms with E-state index in [0.29, 0.717) is 15.9 Å². The second-order valence-corrected chi connectivity index (χ2v) is 4.99. The highest BCUT2D eigenvalue weighted by Crippen LogP contribution is 2.23. The second kappa shape index (κ2) is 5.59. The Bertz CT molecular complexity index is 409. The Morgan fingerprint density at radius 2 is 2.19 bits per heavy atom. The van der Waals surface area contributed by atoms with E-state index in [1.807, 2.05) is 13.8 Å². The number of ether oxygens (including phenoxy) is 1. The number of halogens is 2. The quantitative estimate of drug-likeness (QED) is 0.686. The summed E-state index contributed by atoms with van der Waals surface area (Å²) in [5.41, 5.74) is 6.43. The Balaban J connectivity index is 2.81. The molecule has 0 atom stereocenters. The number of hydrogen-bond acceptors (Lipinski definition) is 3. The molecule has 0 aliphatic heterocycles. The van der Waals surface area contributed by atoms with Crippen LogP contribution in [0.4, 0.5) is 10.1 Å². The molecule has 0 unspecified atom stereocenters. The van der Waals surface area contributed by atoms with Crippen molar-refractivity contribution in [3.8, 4) is 0 Å². The molecule has 1 aromatic carbocycles. The Kier molecular flexibility index (Phi) is 4.68. The molecule has 16 heavy (non-hydrogen) atoms. The molecule has 0 saturated heterocycles. The fourth-order valence-corrected chi connectivity index (χ4v) is 2.01. The first-order valence-electron chi connectivity index (χ1n) is 4.83. The SMILES string of the molecule is CC(C)OC(=S)Cc1cc(N)c(F)cc1Br. The van der Waals surface area contributed by atoms with Crippen molar-refractivity contribution in [2.24, 2.45) is 0 Å². The van der Waals surface area contributed by atoms with Crippen molar-refractivity contribution in [1.29, 1.82) is 0 Å². The van der Waals surface area contributed by atoms with Gasteiger partial charge in [-0.05, 0) is 43.8 Å². The van der Waals surface area contributed by atoms with E-state index in [1.54, 1.807) is 6.07 Å². The average Bonchev–Trinajstić information content (AvgIpc) is 2.12. The lowest BCUT2D eigenvalue weighted by molar-refractivity contribution is 0.230. The van der Waals surface area contributed by atoms with Crippen LogP contribution in [0, 0.1) is 5.82 Å². The summed E-state index contributed by atoms with van der Waals surface area (Å²) in [5.74, 6) is -0.439. The molecule has 2 nitrogen and oxygen atoms in total. The molecule has 0 fully saturated rings. The van der Waals surface area contributed by atoms with Crippen molar-refractivity contribution in [1.82, 2.24) is 0 Å². The van der Waals surface area contributed by atoms with Gasteiger partial charge in [-0.25, -0.2) is 4.39 Å². The highest BCUT2D eigenvalue weighted by Gasteiger charge is 2.09. The minimum absolute atomic E-state index is 0.0454. The number of hydrogen-bond donors (Lipinski definition) is 1. The largest absolute Gasteiger partial charge is 0.484 e. The lowest BCUT2D eigenvalue weighted by atomic mass is 10.1. The van der Waals surface area contributed by atoms with E-state index in [0.717, 1.165) is 5.56 Å². The monoisotopic (exact) mass is 305 g/mol. The lowest BCUT2D eigenvalue weighted by Crippen LogP contribution is -2.12. The van der Waals surface area contributed by atoms with Gasteiger partial charge >= 0.3 is 0 Å². The average molecular weight is 306 g/mol. The highest BCUT2D eigenvalue weighted by molar-refractivity contribution is 9.10. The van der Waals surface area contributed by atoms with Crippen molar-refractivity contribution in [3.63, 3.8) is 0 Å². The first kappa shape index (κ1) is 13.4. The first-order valence-corrected chi connectivity index (χ1v) is 6.03. The van der Waals surface area contributed by atoms with E-state index in [9.17, 15) is 4.39 Å². The van der Waals surface area contributed by atoms with Gasteiger partial charge in [-0.15, -0.1) is 0 Å². The normalized spacial score (nSPS) is 10.6. The van der Waals surface area contributed by atoms with Gasteiger partial charge in [-0.3, -0.25) is 0 Å². The third kappa shape index (κ3) is 3.72. The van der Waals surface area contributed by atoms with Crippen LogP contribution in [0.25, 0.3) is 0 Å². The van der Waals surface area contributed by atoms with Crippen LogP contribution >= 0.6 is 28.1 Å². The van der Waals surface area contributed by atoms with E-state index < -0.39 is 5.82 Å². The van der Waals surface area contributed by atoms with Gasteiger partial charge < -0.3 is 10.5 Å². The van der Waals surface area contributed by atoms with Crippen molar-refractivity contribution >= 4 is 38.9 Å². The van der Waals surface area contributed by atoms with Gasteiger partial charge in [0.2, 0.25) is 0 Å². The van der Waals surface area contributed by atoms with Gasteiger partial charge in [0.25, 0.3) is 0 Å². The van der Waals surface area contributed by atoms with E-state index in [4.69, 9.17) is 22.7 Å². The van der Waals surface area contributed by atoms with Crippen molar-refractivity contribution < 1.29 is 9.13 Å². The summed E-state index contributed by atoms with van der Waals surface area (Å²) in [6.07, 6.45) is 0.488. The Labute approximate surface area is 108 Å². The topological polar surface area (TPSA) is 35.2 Å². The van der Waals surface area contributed by atoms with Crippen molar-refractivity contribution in [3.05, 3.63) is 28.0 Å². The number of nitrogens with two attached hydrogens (primary N) is 1. The summed E-state index contributed by atoms with van der Waals surface area (Å²) in [5, 5.41) is 0.474. The number of nitrogen functional groups attached to an aromatic ring is 1. The fraction of sp³-hybridized carbons (Fsp3) is 0.364. The Hall–Kier alpha value is -0.680. The minimum Gasteiger partial charge on any atom is -0.484 e. The number of benzene rings is 1. The third-order valence-electron chi connectivity index (χ3n) is 1.87. The molecule has 1 aromatic rings. The Morgan fingerprint density at radius 1 is 1.56 bits per heavy atom. The number of thiocarbonyl (C=S) groups is 1. The summed E-state index contributed by atoms with van der Waals surface area (Å²) in [7, 11) is 0. The maximum Gasteiger partial charge on any atom is 0.164 e. The zero-order chi connectivity index (χ0) is 12.3. The van der Waals surface area contributed by atoms with Crippen LogP contribution in [0.1, 0.15) is 19.4 Å². The van der Waals surface area contributed by atoms with Crippen LogP contribution in [-0.2, 0) is 11.2 Å². The molecule has 0 radical (unpaired) electrons. The van der Waals surface area contributed by atoms with Gasteiger partial charge in [0, 0.05) is 10.9 Å². The standard InChI is InChI=1S/C11H13BrFNOS/c1-6(2)15-11(16)4-7-3-10(14)9(13)5-8(7)12/h3,5-6H,4,14H2,1-2H3. The molecule has 0 bridgehead atoms. The molecule has 0 saturated carbocycles. The molecule has 0 aromatic heterocycles. The lowest BCUT2D eigenvalue weighted by Gasteiger charge is -2.12. The van der Waals surface area contributed by atoms with E-state index in [1.165, 1.54) is 6.07 Å². The molecule has 0 aliphatic rings. The van der Waals surface area contributed by atoms with E-state index in [-0.39, 0.29) is 11.8 Å². The van der Waals surface area contributed by atoms with Crippen LogP contribution in [0.15, 0.2) is 16.6 Å². The maximum absolute atomic E-state index is 13.1. The van der Waals surface area contributed by atoms with Crippen LogP contribution in [0.5, 0.6) is 0 Å². The van der Waals surface area contributed by atoms with E-state index >= 15 is 0 Å². The van der Waals surface area contributed by atoms with Crippen LogP contribution in [-0.4, -0.2) is 11.2 Å². The molecule has 0 amide bonds. The summed E-state index contributed by atoms with van der Waals surface area (Å²) in [4.78, 5) is 0. The molecular formula is C11H13BrFNOS. The van der Waals surface area contributed by atoms with E-state index in [2.05, 4.69) is 15.9 Å². The first-order chi connectivity index (χ1) is 7.40. The van der Waals surface area contributed by atoms with Gasteiger partial charge in [-0.2, -0.15) is 0 Å². The zero-order valence-corrected chi connectivity index (χ0v) is 11.5. The summed E-state index contributed by atoms with van der Waals surface area (Å²) in [6, 6.07) is 2.90. The minimum atomic E-state index is -0.439. The number of anilines is 1. The molecular weight excluding hydrogens is 293 g/mol. The number of rotatable bonds is 3. The van der Waals surface area contributed by atoms with Gasteiger partial charge in [0.15, 0.2) is 5.05 Å². The zero-order valence-electron chi connectivity index (χ0n) is 9.09. The predicted octanol–water partition coefficient (Wildman–Crippen LogP) is 3.47. The van der Waals surface area contributed by atoms with Gasteiger partial charge in [0.05, 0.1) is 11.8 Å². The molecule has 5 heteroatoms. The Morgan fingerprint density at radius 3 is 2.75 bits per heavy atom. The van der Waals surface area contributed by atoms with Gasteiger partial charge in [-0.1, -0.05) is 15.9 Å². The summed E-state index contributed by atoms with van der Waals surface area (Å²) in [6.45, 7) is 3.81. The smallest absolute Gasteiger partial charge is 0.164 e. The molecule has 0 aliphatic carbocycles. The fourth-order valence-electron chi connectivity index (χ4n) is 1.21.